The molecule has 2 aromatic heterocycles. The second-order valence-corrected chi connectivity index (χ2v) is 9.54. The summed E-state index contributed by atoms with van der Waals surface area (Å²) < 4.78 is 1.44. The van der Waals surface area contributed by atoms with E-state index in [2.05, 4.69) is 25.7 Å². The van der Waals surface area contributed by atoms with Crippen LogP contribution in [0.3, 0.4) is 0 Å². The molecule has 0 bridgehead atoms. The third-order valence-electron chi connectivity index (χ3n) is 6.90. The van der Waals surface area contributed by atoms with Gasteiger partial charge >= 0.3 is 6.03 Å². The van der Waals surface area contributed by atoms with Gasteiger partial charge in [-0.05, 0) is 62.6 Å². The highest BCUT2D eigenvalue weighted by molar-refractivity contribution is 6.04. The van der Waals surface area contributed by atoms with Crippen LogP contribution in [-0.2, 0) is 0 Å². The Hall–Kier alpha value is -4.27. The van der Waals surface area contributed by atoms with Gasteiger partial charge in [0.2, 0.25) is 0 Å². The molecule has 0 aliphatic heterocycles. The van der Waals surface area contributed by atoms with Crippen LogP contribution in [0.1, 0.15) is 68.1 Å². The number of fused-ring (bicyclic) bond motifs is 1. The van der Waals surface area contributed by atoms with E-state index < -0.39 is 5.91 Å². The first-order valence-electron chi connectivity index (χ1n) is 12.7. The Balaban J connectivity index is 1.44. The van der Waals surface area contributed by atoms with Gasteiger partial charge in [0.15, 0.2) is 0 Å². The van der Waals surface area contributed by atoms with E-state index in [1.165, 1.54) is 16.9 Å². The number of phenolic OH excluding ortho intramolecular Hbond substituents is 1. The van der Waals surface area contributed by atoms with E-state index >= 15 is 0 Å². The fraction of sp³-hybridized carbons (Fsp3) is 0.321. The maximum atomic E-state index is 13.0. The van der Waals surface area contributed by atoms with Gasteiger partial charge in [0.25, 0.3) is 5.91 Å². The number of nitrogens with zero attached hydrogens (tertiary/aromatic N) is 4. The zero-order valence-electron chi connectivity index (χ0n) is 20.9. The van der Waals surface area contributed by atoms with Crippen molar-refractivity contribution in [2.24, 2.45) is 0 Å². The molecule has 2 amide bonds. The van der Waals surface area contributed by atoms with Crippen molar-refractivity contribution < 1.29 is 14.7 Å². The van der Waals surface area contributed by atoms with Crippen LogP contribution in [0.4, 0.5) is 10.5 Å². The van der Waals surface area contributed by atoms with Crippen molar-refractivity contribution in [2.45, 2.75) is 57.9 Å². The highest BCUT2D eigenvalue weighted by atomic mass is 16.3. The van der Waals surface area contributed by atoms with Gasteiger partial charge in [-0.25, -0.2) is 9.78 Å². The summed E-state index contributed by atoms with van der Waals surface area (Å²) >= 11 is 0. The number of benzene rings is 2. The average Bonchev–Trinajstić information content (AvgIpc) is 3.60. The smallest absolute Gasteiger partial charge is 0.342 e. The molecule has 5 rings (SSSR count). The van der Waals surface area contributed by atoms with E-state index in [4.69, 9.17) is 0 Å². The molecule has 2 aromatic carbocycles. The van der Waals surface area contributed by atoms with Crippen molar-refractivity contribution in [1.82, 2.24) is 25.1 Å². The Morgan fingerprint density at radius 1 is 1.11 bits per heavy atom. The molecule has 1 aliphatic rings. The van der Waals surface area contributed by atoms with E-state index in [1.807, 2.05) is 38.1 Å². The Morgan fingerprint density at radius 2 is 1.86 bits per heavy atom. The summed E-state index contributed by atoms with van der Waals surface area (Å²) in [5, 5.41) is 21.1. The Labute approximate surface area is 214 Å². The molecule has 3 N–H and O–H groups in total. The van der Waals surface area contributed by atoms with Crippen LogP contribution in [0, 0.1) is 0 Å². The Morgan fingerprint density at radius 3 is 2.62 bits per heavy atom. The summed E-state index contributed by atoms with van der Waals surface area (Å²) in [6.07, 6.45) is 6.46. The van der Waals surface area contributed by atoms with Crippen molar-refractivity contribution >= 4 is 28.7 Å². The number of rotatable bonds is 6. The Kier molecular flexibility index (Phi) is 6.85. The summed E-state index contributed by atoms with van der Waals surface area (Å²) in [7, 11) is 0. The number of phenols is 1. The topological polar surface area (TPSA) is 122 Å². The maximum absolute atomic E-state index is 13.0. The molecule has 1 aliphatic carbocycles. The van der Waals surface area contributed by atoms with Crippen molar-refractivity contribution in [1.29, 1.82) is 0 Å². The number of nitrogens with one attached hydrogen (secondary N) is 2. The fourth-order valence-electron chi connectivity index (χ4n) is 4.66. The van der Waals surface area contributed by atoms with Gasteiger partial charge in [0.05, 0.1) is 28.6 Å². The molecular formula is C28H30N6O3. The standard InChI is InChI=1S/C28H30N6O3/c1-3-17(2)30-28(37)34-25(18-8-4-5-9-18)15-23(33-34)20-14-19(12-13-26(20)35)31-27(36)24-16-29-21-10-6-7-11-22(21)32-24/h6-7,10-18,35H,3-5,8-9H2,1-2H3,(H,30,37)(H,31,36). The molecule has 0 saturated heterocycles. The van der Waals surface area contributed by atoms with Crippen LogP contribution in [0.5, 0.6) is 5.75 Å². The SMILES string of the molecule is CCC(C)NC(=O)n1nc(-c2cc(NC(=O)c3cnc4ccccc4n3)ccc2O)cc1C1CCCC1. The van der Waals surface area contributed by atoms with Crippen molar-refractivity contribution in [2.75, 3.05) is 5.32 Å². The van der Waals surface area contributed by atoms with Gasteiger partial charge < -0.3 is 15.7 Å². The zero-order chi connectivity index (χ0) is 25.9. The lowest BCUT2D eigenvalue weighted by atomic mass is 10.0. The van der Waals surface area contributed by atoms with Crippen LogP contribution in [0.2, 0.25) is 0 Å². The number of amides is 2. The lowest BCUT2D eigenvalue weighted by molar-refractivity contribution is 0.102. The molecule has 1 fully saturated rings. The molecule has 1 unspecified atom stereocenters. The summed E-state index contributed by atoms with van der Waals surface area (Å²) in [5.74, 6) is -0.172. The quantitative estimate of drug-likeness (QED) is 0.303. The summed E-state index contributed by atoms with van der Waals surface area (Å²) in [6.45, 7) is 3.97. The van der Waals surface area contributed by atoms with E-state index in [9.17, 15) is 14.7 Å². The monoisotopic (exact) mass is 498 g/mol. The van der Waals surface area contributed by atoms with Gasteiger partial charge in [0.1, 0.15) is 11.4 Å². The number of aromatic hydroxyl groups is 1. The van der Waals surface area contributed by atoms with Crippen LogP contribution < -0.4 is 10.6 Å². The zero-order valence-corrected chi connectivity index (χ0v) is 20.9. The Bertz CT molecular complexity index is 1460. The molecule has 0 spiro atoms. The maximum Gasteiger partial charge on any atom is 0.342 e. The van der Waals surface area contributed by atoms with Crippen molar-refractivity contribution in [3.05, 3.63) is 66.1 Å². The second kappa shape index (κ2) is 10.4. The van der Waals surface area contributed by atoms with Crippen molar-refractivity contribution in [3.63, 3.8) is 0 Å². The second-order valence-electron chi connectivity index (χ2n) is 9.54. The number of hydrogen-bond donors (Lipinski definition) is 3. The number of para-hydroxylation sites is 2. The molecule has 1 saturated carbocycles. The third-order valence-corrected chi connectivity index (χ3v) is 6.90. The van der Waals surface area contributed by atoms with Crippen LogP contribution in [-0.4, -0.2) is 42.8 Å². The summed E-state index contributed by atoms with van der Waals surface area (Å²) in [5.41, 5.74) is 3.72. The first-order chi connectivity index (χ1) is 17.9. The average molecular weight is 499 g/mol. The lowest BCUT2D eigenvalue weighted by Gasteiger charge is -2.15. The number of anilines is 1. The molecule has 2 heterocycles. The highest BCUT2D eigenvalue weighted by Gasteiger charge is 2.26. The number of carbonyl (C=O) groups is 2. The normalized spacial score (nSPS) is 14.5. The predicted molar refractivity (Wildman–Crippen MR) is 142 cm³/mol. The van der Waals surface area contributed by atoms with E-state index in [-0.39, 0.29) is 29.4 Å². The first kappa shape index (κ1) is 24.4. The fourth-order valence-corrected chi connectivity index (χ4v) is 4.66. The lowest BCUT2D eigenvalue weighted by Crippen LogP contribution is -2.37. The number of hydrogen-bond acceptors (Lipinski definition) is 6. The number of carbonyl (C=O) groups excluding carboxylic acids is 2. The highest BCUT2D eigenvalue weighted by Crippen LogP contribution is 2.38. The molecule has 9 nitrogen and oxygen atoms in total. The molecule has 0 radical (unpaired) electrons. The van der Waals surface area contributed by atoms with Gasteiger partial charge in [-0.3, -0.25) is 9.78 Å². The minimum absolute atomic E-state index is 0.00783. The van der Waals surface area contributed by atoms with Crippen LogP contribution in [0.15, 0.2) is 54.7 Å². The minimum Gasteiger partial charge on any atom is -0.507 e. The third kappa shape index (κ3) is 5.16. The van der Waals surface area contributed by atoms with Gasteiger partial charge in [-0.15, -0.1) is 0 Å². The molecule has 1 atom stereocenters. The summed E-state index contributed by atoms with van der Waals surface area (Å²) in [6, 6.07) is 13.7. The van der Waals surface area contributed by atoms with Crippen molar-refractivity contribution in [3.8, 4) is 17.0 Å². The van der Waals surface area contributed by atoms with E-state index in [0.29, 0.717) is 28.0 Å². The molecule has 37 heavy (non-hydrogen) atoms. The largest absolute Gasteiger partial charge is 0.507 e. The van der Waals surface area contributed by atoms with Gasteiger partial charge in [-0.2, -0.15) is 9.78 Å². The predicted octanol–water partition coefficient (Wildman–Crippen LogP) is 5.47. The molecule has 190 valence electrons. The van der Waals surface area contributed by atoms with E-state index in [0.717, 1.165) is 37.8 Å². The molecular weight excluding hydrogens is 468 g/mol. The first-order valence-corrected chi connectivity index (χ1v) is 12.7. The van der Waals surface area contributed by atoms with E-state index in [1.54, 1.807) is 18.2 Å². The van der Waals surface area contributed by atoms with Gasteiger partial charge in [-0.1, -0.05) is 31.9 Å². The molecule has 4 aromatic rings. The summed E-state index contributed by atoms with van der Waals surface area (Å²) in [4.78, 5) is 34.6. The number of aromatic nitrogens is 4. The van der Waals surface area contributed by atoms with Crippen LogP contribution >= 0.6 is 0 Å². The van der Waals surface area contributed by atoms with Gasteiger partial charge in [0, 0.05) is 23.2 Å². The molecule has 9 heteroatoms. The minimum atomic E-state index is -0.417. The van der Waals surface area contributed by atoms with Crippen LogP contribution in [0.25, 0.3) is 22.3 Å².